The van der Waals surface area contributed by atoms with E-state index in [1.165, 1.54) is 0 Å². The second kappa shape index (κ2) is 6.95. The molecule has 1 atom stereocenters. The van der Waals surface area contributed by atoms with Crippen LogP contribution in [0.2, 0.25) is 5.02 Å². The summed E-state index contributed by atoms with van der Waals surface area (Å²) in [6, 6.07) is 5.65. The molecule has 1 aromatic heterocycles. The van der Waals surface area contributed by atoms with Gasteiger partial charge in [0.1, 0.15) is 0 Å². The maximum Gasteiger partial charge on any atom is 0.0845 e. The van der Waals surface area contributed by atoms with Crippen molar-refractivity contribution >= 4 is 27.5 Å². The molecule has 1 N–H and O–H groups in total. The number of hydrogen-bond acceptors (Lipinski definition) is 2. The van der Waals surface area contributed by atoms with E-state index in [0.717, 1.165) is 45.0 Å². The van der Waals surface area contributed by atoms with E-state index in [0.29, 0.717) is 6.42 Å². The Labute approximate surface area is 139 Å². The van der Waals surface area contributed by atoms with Gasteiger partial charge < -0.3 is 5.11 Å². The molecule has 1 aromatic carbocycles. The minimum absolute atomic E-state index is 0.530. The van der Waals surface area contributed by atoms with E-state index < -0.39 is 6.10 Å². The lowest BCUT2D eigenvalue weighted by atomic mass is 10.0. The summed E-state index contributed by atoms with van der Waals surface area (Å²) >= 11 is 9.65. The summed E-state index contributed by atoms with van der Waals surface area (Å²) in [6.07, 6.45) is 0.836. The van der Waals surface area contributed by atoms with Crippen LogP contribution in [0.1, 0.15) is 42.5 Å². The highest BCUT2D eigenvalue weighted by Gasteiger charge is 2.18. The topological polar surface area (TPSA) is 38.0 Å². The molecule has 0 aliphatic rings. The van der Waals surface area contributed by atoms with E-state index in [-0.39, 0.29) is 0 Å². The number of hydrogen-bond donors (Lipinski definition) is 1. The number of aliphatic hydroxyl groups is 1. The molecule has 0 saturated carbocycles. The second-order valence-corrected chi connectivity index (χ2v) is 6.31. The molecule has 0 radical (unpaired) electrons. The van der Waals surface area contributed by atoms with Crippen LogP contribution in [0.3, 0.4) is 0 Å². The zero-order valence-corrected chi connectivity index (χ0v) is 14.9. The monoisotopic (exact) mass is 370 g/mol. The summed E-state index contributed by atoms with van der Waals surface area (Å²) < 4.78 is 2.96. The van der Waals surface area contributed by atoms with Gasteiger partial charge in [-0.1, -0.05) is 30.7 Å². The number of rotatable bonds is 5. The van der Waals surface area contributed by atoms with Crippen molar-refractivity contribution in [3.8, 4) is 0 Å². The van der Waals surface area contributed by atoms with Crippen molar-refractivity contribution in [2.24, 2.45) is 0 Å². The third-order valence-electron chi connectivity index (χ3n) is 3.65. The molecule has 1 heterocycles. The van der Waals surface area contributed by atoms with Crippen molar-refractivity contribution in [3.63, 3.8) is 0 Å². The number of aryl methyl sites for hydroxylation is 3. The molecule has 0 aliphatic carbocycles. The largest absolute Gasteiger partial charge is 0.388 e. The molecule has 0 saturated heterocycles. The highest BCUT2D eigenvalue weighted by Crippen LogP contribution is 2.28. The SMILES string of the molecule is CCc1nn(CC)c(CC(O)c2ccc(Cl)c(C)c2)c1Br. The van der Waals surface area contributed by atoms with E-state index in [9.17, 15) is 5.11 Å². The van der Waals surface area contributed by atoms with Crippen LogP contribution in [0.4, 0.5) is 0 Å². The van der Waals surface area contributed by atoms with Crippen LogP contribution in [0.25, 0.3) is 0 Å². The summed E-state index contributed by atoms with van der Waals surface area (Å²) in [5.41, 5.74) is 3.93. The van der Waals surface area contributed by atoms with Gasteiger partial charge in [-0.2, -0.15) is 5.10 Å². The standard InChI is InChI=1S/C16H20BrClN2O/c1-4-13-16(17)14(20(5-2)19-13)9-15(21)11-6-7-12(18)10(3)8-11/h6-8,15,21H,4-5,9H2,1-3H3. The summed E-state index contributed by atoms with van der Waals surface area (Å²) in [7, 11) is 0. The van der Waals surface area contributed by atoms with Crippen LogP contribution in [0.15, 0.2) is 22.7 Å². The van der Waals surface area contributed by atoms with Crippen molar-refractivity contribution in [3.05, 3.63) is 50.2 Å². The van der Waals surface area contributed by atoms with Crippen LogP contribution in [0, 0.1) is 6.92 Å². The van der Waals surface area contributed by atoms with E-state index in [4.69, 9.17) is 11.6 Å². The number of aliphatic hydroxyl groups excluding tert-OH is 1. The molecule has 3 nitrogen and oxygen atoms in total. The van der Waals surface area contributed by atoms with Crippen molar-refractivity contribution in [1.82, 2.24) is 9.78 Å². The summed E-state index contributed by atoms with van der Waals surface area (Å²) in [6.45, 7) is 6.87. The van der Waals surface area contributed by atoms with E-state index in [2.05, 4.69) is 34.9 Å². The van der Waals surface area contributed by atoms with Crippen molar-refractivity contribution < 1.29 is 5.11 Å². The lowest BCUT2D eigenvalue weighted by Crippen LogP contribution is -2.09. The zero-order valence-electron chi connectivity index (χ0n) is 12.5. The Morgan fingerprint density at radius 2 is 2.10 bits per heavy atom. The van der Waals surface area contributed by atoms with Crippen LogP contribution in [-0.2, 0) is 19.4 Å². The van der Waals surface area contributed by atoms with Crippen LogP contribution >= 0.6 is 27.5 Å². The summed E-state index contributed by atoms with van der Waals surface area (Å²) in [5, 5.41) is 15.8. The number of nitrogens with zero attached hydrogens (tertiary/aromatic N) is 2. The minimum Gasteiger partial charge on any atom is -0.388 e. The van der Waals surface area contributed by atoms with Gasteiger partial charge in [0.25, 0.3) is 0 Å². The predicted molar refractivity (Wildman–Crippen MR) is 89.8 cm³/mol. The van der Waals surface area contributed by atoms with Crippen LogP contribution in [0.5, 0.6) is 0 Å². The molecule has 2 aromatic rings. The van der Waals surface area contributed by atoms with Gasteiger partial charge in [0.05, 0.1) is 22.0 Å². The molecule has 0 bridgehead atoms. The van der Waals surface area contributed by atoms with Gasteiger partial charge in [-0.3, -0.25) is 4.68 Å². The van der Waals surface area contributed by atoms with Gasteiger partial charge in [0.15, 0.2) is 0 Å². The summed E-state index contributed by atoms with van der Waals surface area (Å²) in [4.78, 5) is 0. The first-order chi connectivity index (χ1) is 9.97. The maximum atomic E-state index is 10.5. The van der Waals surface area contributed by atoms with Crippen molar-refractivity contribution in [1.29, 1.82) is 0 Å². The molecule has 114 valence electrons. The Bertz CT molecular complexity index is 639. The Balaban J connectivity index is 2.28. The summed E-state index contributed by atoms with van der Waals surface area (Å²) in [5.74, 6) is 0. The number of aromatic nitrogens is 2. The van der Waals surface area contributed by atoms with Crippen molar-refractivity contribution in [2.45, 2.75) is 46.3 Å². The van der Waals surface area contributed by atoms with Gasteiger partial charge in [0.2, 0.25) is 0 Å². The van der Waals surface area contributed by atoms with Crippen LogP contribution < -0.4 is 0 Å². The van der Waals surface area contributed by atoms with Gasteiger partial charge in [-0.05, 0) is 53.4 Å². The van der Waals surface area contributed by atoms with E-state index in [1.54, 1.807) is 0 Å². The van der Waals surface area contributed by atoms with Crippen molar-refractivity contribution in [2.75, 3.05) is 0 Å². The average Bonchev–Trinajstić information content (AvgIpc) is 2.78. The molecular formula is C16H20BrClN2O. The van der Waals surface area contributed by atoms with Gasteiger partial charge in [0, 0.05) is 18.0 Å². The van der Waals surface area contributed by atoms with Gasteiger partial charge >= 0.3 is 0 Å². The fourth-order valence-corrected chi connectivity index (χ4v) is 3.23. The Kier molecular flexibility index (Phi) is 5.47. The molecule has 0 amide bonds. The lowest BCUT2D eigenvalue weighted by Gasteiger charge is -2.14. The molecule has 21 heavy (non-hydrogen) atoms. The predicted octanol–water partition coefficient (Wildman–Crippen LogP) is 4.47. The van der Waals surface area contributed by atoms with Gasteiger partial charge in [-0.25, -0.2) is 0 Å². The quantitative estimate of drug-likeness (QED) is 0.842. The molecule has 0 fully saturated rings. The molecular weight excluding hydrogens is 352 g/mol. The maximum absolute atomic E-state index is 10.5. The molecule has 5 heteroatoms. The third-order valence-corrected chi connectivity index (χ3v) is 4.99. The Morgan fingerprint density at radius 3 is 2.67 bits per heavy atom. The fourth-order valence-electron chi connectivity index (χ4n) is 2.39. The van der Waals surface area contributed by atoms with E-state index in [1.807, 2.05) is 29.8 Å². The highest BCUT2D eigenvalue weighted by molar-refractivity contribution is 9.10. The first-order valence-electron chi connectivity index (χ1n) is 7.16. The van der Waals surface area contributed by atoms with Crippen LogP contribution in [-0.4, -0.2) is 14.9 Å². The Morgan fingerprint density at radius 1 is 1.38 bits per heavy atom. The molecule has 0 spiro atoms. The lowest BCUT2D eigenvalue weighted by molar-refractivity contribution is 0.175. The average molecular weight is 372 g/mol. The zero-order chi connectivity index (χ0) is 15.6. The smallest absolute Gasteiger partial charge is 0.0845 e. The molecule has 1 unspecified atom stereocenters. The first kappa shape index (κ1) is 16.5. The normalized spacial score (nSPS) is 12.7. The first-order valence-corrected chi connectivity index (χ1v) is 8.33. The van der Waals surface area contributed by atoms with Gasteiger partial charge in [-0.15, -0.1) is 0 Å². The minimum atomic E-state index is -0.566. The molecule has 0 aliphatic heterocycles. The van der Waals surface area contributed by atoms with E-state index >= 15 is 0 Å². The fraction of sp³-hybridized carbons (Fsp3) is 0.438. The highest BCUT2D eigenvalue weighted by atomic mass is 79.9. The number of halogens is 2. The Hall–Kier alpha value is -0.840. The number of benzene rings is 1. The second-order valence-electron chi connectivity index (χ2n) is 5.11. The molecule has 2 rings (SSSR count). The third kappa shape index (κ3) is 3.50.